The van der Waals surface area contributed by atoms with Crippen LogP contribution in [-0.4, -0.2) is 27.5 Å². The van der Waals surface area contributed by atoms with Gasteiger partial charge in [0.15, 0.2) is 0 Å². The van der Waals surface area contributed by atoms with Gasteiger partial charge in [-0.1, -0.05) is 42.0 Å². The van der Waals surface area contributed by atoms with Crippen LogP contribution in [0.25, 0.3) is 5.57 Å². The van der Waals surface area contributed by atoms with Gasteiger partial charge in [0.25, 0.3) is 10.0 Å². The van der Waals surface area contributed by atoms with Gasteiger partial charge >= 0.3 is 5.97 Å². The molecule has 0 saturated heterocycles. The molecular formula is C26H25NO5S. The highest BCUT2D eigenvalue weighted by molar-refractivity contribution is 7.92. The highest BCUT2D eigenvalue weighted by Crippen LogP contribution is 2.57. The molecule has 0 spiro atoms. The molecule has 5 rings (SSSR count). The Morgan fingerprint density at radius 3 is 2.58 bits per heavy atom. The molecular weight excluding hydrogens is 438 g/mol. The van der Waals surface area contributed by atoms with E-state index in [0.717, 1.165) is 16.7 Å². The summed E-state index contributed by atoms with van der Waals surface area (Å²) in [7, 11) is -3.92. The maximum atomic E-state index is 13.8. The van der Waals surface area contributed by atoms with Crippen LogP contribution in [0.4, 0.5) is 5.69 Å². The number of carbonyl (C=O) groups excluding carboxylic acids is 1. The average molecular weight is 464 g/mol. The first-order valence-electron chi connectivity index (χ1n) is 11.0. The fourth-order valence-electron chi connectivity index (χ4n) is 4.96. The van der Waals surface area contributed by atoms with Gasteiger partial charge < -0.3 is 9.15 Å². The van der Waals surface area contributed by atoms with E-state index in [1.807, 2.05) is 37.3 Å². The van der Waals surface area contributed by atoms with E-state index in [1.54, 1.807) is 49.6 Å². The van der Waals surface area contributed by atoms with Crippen molar-refractivity contribution in [3.63, 3.8) is 0 Å². The van der Waals surface area contributed by atoms with Gasteiger partial charge in [-0.15, -0.1) is 0 Å². The number of allylic oxidation sites excluding steroid dienone is 1. The Hall–Kier alpha value is -3.32. The van der Waals surface area contributed by atoms with E-state index in [4.69, 9.17) is 9.15 Å². The smallest absolute Gasteiger partial charge is 0.318 e. The third-order valence-electron chi connectivity index (χ3n) is 6.57. The number of esters is 1. The van der Waals surface area contributed by atoms with Crippen LogP contribution in [0.3, 0.4) is 0 Å². The number of benzene rings is 2. The number of carbonyl (C=O) groups is 1. The number of sulfonamides is 1. The quantitative estimate of drug-likeness (QED) is 0.502. The summed E-state index contributed by atoms with van der Waals surface area (Å²) in [5.41, 5.74) is 2.10. The normalized spacial score (nSPS) is 21.8. The number of aryl methyl sites for hydroxylation is 1. The molecule has 1 aliphatic carbocycles. The predicted octanol–water partition coefficient (Wildman–Crippen LogP) is 4.92. The van der Waals surface area contributed by atoms with Crippen molar-refractivity contribution in [1.82, 2.24) is 0 Å². The molecule has 2 aromatic carbocycles. The van der Waals surface area contributed by atoms with Gasteiger partial charge in [-0.2, -0.15) is 0 Å². The van der Waals surface area contributed by atoms with E-state index in [-0.39, 0.29) is 24.0 Å². The molecule has 0 unspecified atom stereocenters. The first-order chi connectivity index (χ1) is 15.9. The van der Waals surface area contributed by atoms with Gasteiger partial charge in [-0.25, -0.2) is 8.42 Å². The van der Waals surface area contributed by atoms with Crippen molar-refractivity contribution < 1.29 is 22.4 Å². The Morgan fingerprint density at radius 1 is 1.12 bits per heavy atom. The summed E-state index contributed by atoms with van der Waals surface area (Å²) in [6.07, 6.45) is 4.02. The lowest BCUT2D eigenvalue weighted by Gasteiger charge is -2.43. The molecule has 7 heteroatoms. The largest absolute Gasteiger partial charge is 0.465 e. The number of furan rings is 1. The van der Waals surface area contributed by atoms with Gasteiger partial charge in [-0.05, 0) is 61.7 Å². The third kappa shape index (κ3) is 3.38. The molecule has 2 aliphatic rings. The molecule has 0 fully saturated rings. The van der Waals surface area contributed by atoms with E-state index in [2.05, 4.69) is 0 Å². The number of fused-ring (bicyclic) bond motifs is 3. The summed E-state index contributed by atoms with van der Waals surface area (Å²) in [5.74, 6) is 0.00554. The van der Waals surface area contributed by atoms with E-state index >= 15 is 0 Å². The second-order valence-corrected chi connectivity index (χ2v) is 10.4. The number of para-hydroxylation sites is 1. The number of nitrogens with zero attached hydrogens (tertiary/aromatic N) is 1. The molecule has 1 aliphatic heterocycles. The van der Waals surface area contributed by atoms with Crippen molar-refractivity contribution in [3.05, 3.63) is 89.9 Å². The number of hydrogen-bond donors (Lipinski definition) is 0. The summed E-state index contributed by atoms with van der Waals surface area (Å²) in [5, 5.41) is 0. The second kappa shape index (κ2) is 7.92. The molecule has 33 heavy (non-hydrogen) atoms. The van der Waals surface area contributed by atoms with Gasteiger partial charge in [0.05, 0.1) is 30.0 Å². The zero-order chi connectivity index (χ0) is 23.2. The molecule has 2 heterocycles. The minimum absolute atomic E-state index is 0.0338. The number of rotatable bonds is 5. The summed E-state index contributed by atoms with van der Waals surface area (Å²) in [4.78, 5) is 13.6. The van der Waals surface area contributed by atoms with Crippen LogP contribution in [0.15, 0.2) is 82.3 Å². The highest BCUT2D eigenvalue weighted by Gasteiger charge is 2.56. The third-order valence-corrected chi connectivity index (χ3v) is 8.34. The first-order valence-corrected chi connectivity index (χ1v) is 12.4. The molecule has 3 aromatic rings. The number of hydrogen-bond acceptors (Lipinski definition) is 5. The lowest BCUT2D eigenvalue weighted by molar-refractivity contribution is -0.152. The van der Waals surface area contributed by atoms with Crippen LogP contribution in [0.1, 0.15) is 36.1 Å². The molecule has 2 atom stereocenters. The second-order valence-electron chi connectivity index (χ2n) is 8.55. The van der Waals surface area contributed by atoms with Gasteiger partial charge in [0.1, 0.15) is 11.2 Å². The van der Waals surface area contributed by atoms with Crippen LogP contribution in [0, 0.1) is 12.3 Å². The Bertz CT molecular complexity index is 1330. The predicted molar refractivity (Wildman–Crippen MR) is 125 cm³/mol. The average Bonchev–Trinajstić information content (AvgIpc) is 3.48. The van der Waals surface area contributed by atoms with E-state index in [0.29, 0.717) is 17.9 Å². The molecule has 1 aromatic heterocycles. The van der Waals surface area contributed by atoms with E-state index < -0.39 is 21.4 Å². The highest BCUT2D eigenvalue weighted by atomic mass is 32.2. The van der Waals surface area contributed by atoms with Crippen LogP contribution < -0.4 is 4.31 Å². The van der Waals surface area contributed by atoms with Gasteiger partial charge in [-0.3, -0.25) is 9.10 Å². The Balaban J connectivity index is 1.70. The van der Waals surface area contributed by atoms with Crippen LogP contribution in [-0.2, 0) is 19.6 Å². The molecule has 6 nitrogen and oxygen atoms in total. The van der Waals surface area contributed by atoms with Gasteiger partial charge in [0.2, 0.25) is 0 Å². The van der Waals surface area contributed by atoms with Crippen molar-refractivity contribution in [1.29, 1.82) is 0 Å². The molecule has 0 amide bonds. The summed E-state index contributed by atoms with van der Waals surface area (Å²) in [6.45, 7) is 3.84. The molecule has 0 bridgehead atoms. The summed E-state index contributed by atoms with van der Waals surface area (Å²) < 4.78 is 40.1. The van der Waals surface area contributed by atoms with Crippen molar-refractivity contribution in [2.45, 2.75) is 31.1 Å². The number of ether oxygens (including phenoxy) is 1. The van der Waals surface area contributed by atoms with Crippen molar-refractivity contribution in [3.8, 4) is 0 Å². The summed E-state index contributed by atoms with van der Waals surface area (Å²) in [6, 6.07) is 17.8. The summed E-state index contributed by atoms with van der Waals surface area (Å²) >= 11 is 0. The van der Waals surface area contributed by atoms with Crippen molar-refractivity contribution in [2.24, 2.45) is 5.41 Å². The zero-order valence-electron chi connectivity index (χ0n) is 18.5. The molecule has 0 radical (unpaired) electrons. The molecule has 0 N–H and O–H groups in total. The zero-order valence-corrected chi connectivity index (χ0v) is 19.3. The fourth-order valence-corrected chi connectivity index (χ4v) is 6.51. The first kappa shape index (κ1) is 21.5. The fraction of sp³-hybridized carbons (Fsp3) is 0.269. The Morgan fingerprint density at radius 2 is 1.88 bits per heavy atom. The van der Waals surface area contributed by atoms with Crippen molar-refractivity contribution >= 4 is 27.3 Å². The standard InChI is InChI=1S/C26H25NO5S/c1-3-31-25(28)26-16-19(24-9-6-14-32-24)15-22(26)21-7-4-5-8-23(21)27(17-26)33(29,30)20-12-10-18(2)11-13-20/h4-14,16,22H,3,15,17H2,1-2H3/t22-,26+/m0/s1. The lowest BCUT2D eigenvalue weighted by Crippen LogP contribution is -2.51. The van der Waals surface area contributed by atoms with Gasteiger partial charge in [0, 0.05) is 5.92 Å². The Labute approximate surface area is 193 Å². The minimum Gasteiger partial charge on any atom is -0.465 e. The SMILES string of the molecule is CCOC(=O)[C@@]12C=C(c3ccco3)C[C@H]1c1ccccc1N(S(=O)(=O)c1ccc(C)cc1)C2. The monoisotopic (exact) mass is 463 g/mol. The van der Waals surface area contributed by atoms with Crippen LogP contribution >= 0.6 is 0 Å². The van der Waals surface area contributed by atoms with E-state index in [1.165, 1.54) is 4.31 Å². The number of anilines is 1. The molecule has 0 saturated carbocycles. The maximum absolute atomic E-state index is 13.8. The molecule has 170 valence electrons. The van der Waals surface area contributed by atoms with Crippen LogP contribution in [0.2, 0.25) is 0 Å². The minimum atomic E-state index is -3.92. The lowest BCUT2D eigenvalue weighted by atomic mass is 9.71. The van der Waals surface area contributed by atoms with Crippen molar-refractivity contribution in [2.75, 3.05) is 17.5 Å². The topological polar surface area (TPSA) is 76.8 Å². The Kier molecular flexibility index (Phi) is 5.16. The maximum Gasteiger partial charge on any atom is 0.318 e. The van der Waals surface area contributed by atoms with E-state index in [9.17, 15) is 13.2 Å². The van der Waals surface area contributed by atoms with Crippen LogP contribution in [0.5, 0.6) is 0 Å².